The molecule has 10 nitrogen and oxygen atoms in total. The Morgan fingerprint density at radius 2 is 1.89 bits per heavy atom. The van der Waals surface area contributed by atoms with Gasteiger partial charge in [-0.1, -0.05) is 24.1 Å². The summed E-state index contributed by atoms with van der Waals surface area (Å²) in [4.78, 5) is 22.4. The molecule has 0 radical (unpaired) electrons. The van der Waals surface area contributed by atoms with E-state index in [0.717, 1.165) is 32.1 Å². The van der Waals surface area contributed by atoms with E-state index in [4.69, 9.17) is 21.1 Å². The van der Waals surface area contributed by atoms with E-state index in [-0.39, 0.29) is 39.7 Å². The summed E-state index contributed by atoms with van der Waals surface area (Å²) in [5.41, 5.74) is 0.444. The molecule has 2 atom stereocenters. The summed E-state index contributed by atoms with van der Waals surface area (Å²) in [5, 5.41) is 17.1. The number of aromatic nitrogens is 4. The molecule has 4 heterocycles. The zero-order valence-corrected chi connectivity index (χ0v) is 25.7. The second-order valence-corrected chi connectivity index (χ2v) is 12.8. The zero-order valence-electron chi connectivity index (χ0n) is 24.9. The largest absolute Gasteiger partial charge is 0.480 e. The van der Waals surface area contributed by atoms with Crippen molar-refractivity contribution in [3.05, 3.63) is 52.8 Å². The Balaban J connectivity index is 1.31. The molecule has 242 valence electrons. The van der Waals surface area contributed by atoms with Crippen molar-refractivity contribution in [1.29, 1.82) is 0 Å². The Morgan fingerprint density at radius 1 is 1.13 bits per heavy atom. The van der Waals surface area contributed by atoms with E-state index in [1.54, 1.807) is 19.2 Å². The van der Waals surface area contributed by atoms with Crippen molar-refractivity contribution in [2.24, 2.45) is 5.41 Å². The lowest BCUT2D eigenvalue weighted by Crippen LogP contribution is -2.41. The van der Waals surface area contributed by atoms with Crippen molar-refractivity contribution in [1.82, 2.24) is 25.1 Å². The topological polar surface area (TPSA) is 115 Å². The highest BCUT2D eigenvalue weighted by Crippen LogP contribution is 2.43. The summed E-state index contributed by atoms with van der Waals surface area (Å²) < 4.78 is 57.5. The van der Waals surface area contributed by atoms with Crippen molar-refractivity contribution in [2.75, 3.05) is 24.5 Å². The van der Waals surface area contributed by atoms with E-state index in [0.29, 0.717) is 50.4 Å². The zero-order chi connectivity index (χ0) is 31.8. The van der Waals surface area contributed by atoms with Gasteiger partial charge in [-0.3, -0.25) is 4.79 Å². The first-order valence-corrected chi connectivity index (χ1v) is 15.7. The van der Waals surface area contributed by atoms with Crippen molar-refractivity contribution < 1.29 is 32.5 Å². The summed E-state index contributed by atoms with van der Waals surface area (Å²) in [6.45, 7) is 3.45. The van der Waals surface area contributed by atoms with E-state index in [1.165, 1.54) is 28.9 Å². The third-order valence-electron chi connectivity index (χ3n) is 9.08. The first-order chi connectivity index (χ1) is 21.5. The summed E-state index contributed by atoms with van der Waals surface area (Å²) in [5.74, 6) is -0.719. The number of nitrogens with one attached hydrogen (secondary N) is 1. The van der Waals surface area contributed by atoms with Gasteiger partial charge in [0, 0.05) is 42.5 Å². The van der Waals surface area contributed by atoms with Crippen LogP contribution in [0.4, 0.5) is 19.0 Å². The highest BCUT2D eigenvalue weighted by molar-refractivity contribution is 6.30. The summed E-state index contributed by atoms with van der Waals surface area (Å²) in [6.07, 6.45) is 0.933. The number of nitrogens with zero attached hydrogens (tertiary/aromatic N) is 5. The van der Waals surface area contributed by atoms with Gasteiger partial charge in [-0.25, -0.2) is 4.68 Å². The van der Waals surface area contributed by atoms with E-state index in [9.17, 15) is 23.1 Å². The number of alkyl halides is 3. The number of aliphatic carboxylic acids is 1. The number of carboxylic acids is 1. The molecule has 2 saturated heterocycles. The molecule has 45 heavy (non-hydrogen) atoms. The van der Waals surface area contributed by atoms with Crippen LogP contribution >= 0.6 is 11.6 Å². The van der Waals surface area contributed by atoms with Crippen LogP contribution in [0, 0.1) is 12.3 Å². The third-order valence-corrected chi connectivity index (χ3v) is 9.31. The molecular weight excluding hydrogens is 613 g/mol. The maximum atomic E-state index is 14.8. The lowest BCUT2D eigenvalue weighted by molar-refractivity contribution is -0.198. The van der Waals surface area contributed by atoms with Gasteiger partial charge in [0.05, 0.1) is 11.4 Å². The third kappa shape index (κ3) is 7.14. The molecule has 1 saturated carbocycles. The predicted octanol–water partition coefficient (Wildman–Crippen LogP) is 6.05. The lowest BCUT2D eigenvalue weighted by atomic mass is 9.76. The molecule has 3 fully saturated rings. The van der Waals surface area contributed by atoms with E-state index in [2.05, 4.69) is 20.4 Å². The van der Waals surface area contributed by atoms with E-state index >= 15 is 0 Å². The number of carbonyl (C=O) groups is 1. The Kier molecular flexibility index (Phi) is 8.84. The second kappa shape index (κ2) is 12.7. The Bertz CT molecular complexity index is 1520. The van der Waals surface area contributed by atoms with Crippen molar-refractivity contribution in [3.63, 3.8) is 0 Å². The van der Waals surface area contributed by atoms with Crippen LogP contribution in [-0.4, -0.2) is 68.8 Å². The van der Waals surface area contributed by atoms with Gasteiger partial charge in [0.1, 0.15) is 18.0 Å². The molecular formula is C31H36ClF3N6O4. The predicted molar refractivity (Wildman–Crippen MR) is 160 cm³/mol. The number of hydrogen-bond donors (Lipinski definition) is 2. The molecule has 0 bridgehead atoms. The normalized spacial score (nSPS) is 21.2. The van der Waals surface area contributed by atoms with Crippen LogP contribution in [0.1, 0.15) is 68.7 Å². The average Bonchev–Trinajstić information content (AvgIpc) is 3.63. The van der Waals surface area contributed by atoms with Gasteiger partial charge in [-0.2, -0.15) is 28.2 Å². The first-order valence-electron chi connectivity index (χ1n) is 15.3. The highest BCUT2D eigenvalue weighted by atomic mass is 35.5. The smallest absolute Gasteiger partial charge is 0.429 e. The minimum absolute atomic E-state index is 0.0249. The van der Waals surface area contributed by atoms with E-state index in [1.807, 2.05) is 4.90 Å². The van der Waals surface area contributed by atoms with Crippen LogP contribution in [0.3, 0.4) is 0 Å². The molecule has 2 aromatic heterocycles. The molecule has 3 aromatic rings. The first kappa shape index (κ1) is 31.4. The molecule has 2 N–H and O–H groups in total. The molecule has 1 aromatic carbocycles. The van der Waals surface area contributed by atoms with Crippen LogP contribution in [0.15, 0.2) is 36.5 Å². The van der Waals surface area contributed by atoms with Gasteiger partial charge in [0.25, 0.3) is 0 Å². The van der Waals surface area contributed by atoms with Crippen molar-refractivity contribution >= 4 is 23.4 Å². The molecule has 0 amide bonds. The SMILES string of the molecule is Cc1ccn(-c2cc(Cl)ccc2[C@@H](Oc2cc(N3CCC4(CC3)CNC(C(=O)O)C4)nc(OC3CCCCC3)n2)C(F)(F)F)n1. The van der Waals surface area contributed by atoms with Gasteiger partial charge in [0.15, 0.2) is 0 Å². The molecule has 14 heteroatoms. The quantitative estimate of drug-likeness (QED) is 0.301. The molecule has 6 rings (SSSR count). The standard InChI is InChI=1S/C31H36ClF3N6O4/c1-19-9-12-41(39-19)24-15-20(32)7-8-22(24)27(31(33,34)35)45-26-16-25(37-29(38-26)44-21-5-3-2-4-6-21)40-13-10-30(11-14-40)17-23(28(42)43)36-18-30/h7-9,12,15-16,21,23,27,36H,2-6,10-11,13-14,17-18H2,1H3,(H,42,43)/t23?,27-/m1/s1. The minimum atomic E-state index is -4.81. The van der Waals surface area contributed by atoms with Gasteiger partial charge >= 0.3 is 18.2 Å². The molecule has 1 unspecified atom stereocenters. The minimum Gasteiger partial charge on any atom is -0.480 e. The maximum absolute atomic E-state index is 14.8. The number of halogens is 4. The number of anilines is 1. The Morgan fingerprint density at radius 3 is 2.53 bits per heavy atom. The van der Waals surface area contributed by atoms with Crippen molar-refractivity contribution in [2.45, 2.75) is 82.7 Å². The number of carboxylic acid groups (broad SMARTS) is 1. The van der Waals surface area contributed by atoms with Gasteiger partial charge < -0.3 is 24.8 Å². The maximum Gasteiger partial charge on any atom is 0.429 e. The molecule has 3 aliphatic rings. The van der Waals surface area contributed by atoms with Crippen LogP contribution in [-0.2, 0) is 4.79 Å². The van der Waals surface area contributed by atoms with Crippen LogP contribution in [0.2, 0.25) is 5.02 Å². The fourth-order valence-corrected chi connectivity index (χ4v) is 6.76. The van der Waals surface area contributed by atoms with E-state index < -0.39 is 24.3 Å². The number of ether oxygens (including phenoxy) is 2. The molecule has 2 aliphatic heterocycles. The van der Waals surface area contributed by atoms with Crippen LogP contribution in [0.25, 0.3) is 5.69 Å². The summed E-state index contributed by atoms with van der Waals surface area (Å²) >= 11 is 6.20. The number of aryl methyl sites for hydroxylation is 1. The highest BCUT2D eigenvalue weighted by Gasteiger charge is 2.46. The number of rotatable bonds is 8. The molecule has 1 spiro atoms. The van der Waals surface area contributed by atoms with Gasteiger partial charge in [-0.05, 0) is 75.5 Å². The fraction of sp³-hybridized carbons (Fsp3) is 0.548. The van der Waals surface area contributed by atoms with Crippen LogP contribution in [0.5, 0.6) is 11.9 Å². The van der Waals surface area contributed by atoms with Crippen molar-refractivity contribution in [3.8, 4) is 17.6 Å². The van der Waals surface area contributed by atoms with Crippen LogP contribution < -0.4 is 19.7 Å². The average molecular weight is 649 g/mol. The summed E-state index contributed by atoms with van der Waals surface area (Å²) in [7, 11) is 0. The fourth-order valence-electron chi connectivity index (χ4n) is 6.60. The Labute approximate surface area is 263 Å². The number of piperidine rings is 1. The second-order valence-electron chi connectivity index (χ2n) is 12.3. The monoisotopic (exact) mass is 648 g/mol. The summed E-state index contributed by atoms with van der Waals surface area (Å²) in [6, 6.07) is 6.61. The molecule has 1 aliphatic carbocycles. The lowest BCUT2D eigenvalue weighted by Gasteiger charge is -2.39. The number of benzene rings is 1. The van der Waals surface area contributed by atoms with Gasteiger partial charge in [-0.15, -0.1) is 0 Å². The number of hydrogen-bond acceptors (Lipinski definition) is 8. The Hall–Kier alpha value is -3.58. The van der Waals surface area contributed by atoms with Gasteiger partial charge in [0.2, 0.25) is 12.0 Å².